The van der Waals surface area contributed by atoms with E-state index in [0.717, 1.165) is 12.4 Å². The predicted molar refractivity (Wildman–Crippen MR) is 52.4 cm³/mol. The normalized spacial score (nSPS) is 15.5. The lowest BCUT2D eigenvalue weighted by molar-refractivity contribution is 0.475. The Morgan fingerprint density at radius 2 is 1.85 bits per heavy atom. The van der Waals surface area contributed by atoms with E-state index in [-0.39, 0.29) is 0 Å². The van der Waals surface area contributed by atoms with Crippen molar-refractivity contribution in [3.63, 3.8) is 0 Å². The molecule has 0 aromatic heterocycles. The van der Waals surface area contributed by atoms with Crippen molar-refractivity contribution in [1.82, 2.24) is 4.90 Å². The van der Waals surface area contributed by atoms with Crippen molar-refractivity contribution < 1.29 is 5.11 Å². The maximum atomic E-state index is 9.10. The second-order valence-corrected chi connectivity index (χ2v) is 3.18. The Hall–Kier alpha value is -1.64. The molecule has 0 radical (unpaired) electrons. The summed E-state index contributed by atoms with van der Waals surface area (Å²) in [5.41, 5.74) is 1.10. The number of aromatic hydroxyl groups is 1. The van der Waals surface area contributed by atoms with Gasteiger partial charge < -0.3 is 14.9 Å². The van der Waals surface area contributed by atoms with Gasteiger partial charge in [-0.2, -0.15) is 0 Å². The quantitative estimate of drug-likeness (QED) is 0.703. The predicted octanol–water partition coefficient (Wildman–Crippen LogP) is 1.57. The number of benzene rings is 1. The molecule has 0 saturated carbocycles. The Balaban J connectivity index is 2.18. The van der Waals surface area contributed by atoms with Crippen LogP contribution in [0.25, 0.3) is 0 Å². The third-order valence-corrected chi connectivity index (χ3v) is 2.06. The zero-order valence-electron chi connectivity index (χ0n) is 7.51. The van der Waals surface area contributed by atoms with Crippen LogP contribution in [0.5, 0.6) is 5.75 Å². The van der Waals surface area contributed by atoms with Crippen molar-refractivity contribution >= 4 is 5.69 Å². The molecule has 1 aromatic carbocycles. The fourth-order valence-electron chi connectivity index (χ4n) is 1.34. The zero-order valence-corrected chi connectivity index (χ0v) is 7.51. The summed E-state index contributed by atoms with van der Waals surface area (Å²) in [6.45, 7) is 0.866. The summed E-state index contributed by atoms with van der Waals surface area (Å²) < 4.78 is 0. The summed E-state index contributed by atoms with van der Waals surface area (Å²) in [5, 5.41) is 9.10. The van der Waals surface area contributed by atoms with E-state index in [4.69, 9.17) is 5.11 Å². The number of rotatable bonds is 1. The summed E-state index contributed by atoms with van der Waals surface area (Å²) in [6.07, 6.45) is 4.04. The molecule has 1 aromatic rings. The number of phenolic OH excluding ortho intramolecular Hbond substituents is 1. The van der Waals surface area contributed by atoms with E-state index in [9.17, 15) is 0 Å². The summed E-state index contributed by atoms with van der Waals surface area (Å²) in [7, 11) is 2.02. The Morgan fingerprint density at radius 1 is 1.15 bits per heavy atom. The molecule has 68 valence electrons. The highest BCUT2D eigenvalue weighted by Gasteiger charge is 2.09. The van der Waals surface area contributed by atoms with Gasteiger partial charge in [-0.15, -0.1) is 0 Å². The highest BCUT2D eigenvalue weighted by molar-refractivity contribution is 5.51. The smallest absolute Gasteiger partial charge is 0.115 e. The molecule has 1 aliphatic rings. The van der Waals surface area contributed by atoms with Gasteiger partial charge in [-0.3, -0.25) is 0 Å². The first kappa shape index (κ1) is 7.98. The van der Waals surface area contributed by atoms with E-state index in [0.29, 0.717) is 5.75 Å². The molecule has 0 bridgehead atoms. The maximum Gasteiger partial charge on any atom is 0.115 e. The molecule has 0 saturated heterocycles. The zero-order chi connectivity index (χ0) is 9.26. The summed E-state index contributed by atoms with van der Waals surface area (Å²) in [6, 6.07) is 7.20. The van der Waals surface area contributed by atoms with Crippen molar-refractivity contribution in [3.05, 3.63) is 36.7 Å². The van der Waals surface area contributed by atoms with Crippen LogP contribution in [0.4, 0.5) is 5.69 Å². The second kappa shape index (κ2) is 3.01. The van der Waals surface area contributed by atoms with Gasteiger partial charge in [0, 0.05) is 25.1 Å². The van der Waals surface area contributed by atoms with Gasteiger partial charge in [-0.1, -0.05) is 0 Å². The highest BCUT2D eigenvalue weighted by Crippen LogP contribution is 2.20. The van der Waals surface area contributed by atoms with Crippen LogP contribution < -0.4 is 4.90 Å². The fourth-order valence-corrected chi connectivity index (χ4v) is 1.34. The van der Waals surface area contributed by atoms with Crippen LogP contribution in [0, 0.1) is 0 Å². The van der Waals surface area contributed by atoms with Gasteiger partial charge in [0.05, 0.1) is 6.67 Å². The minimum absolute atomic E-state index is 0.306. The lowest BCUT2D eigenvalue weighted by Crippen LogP contribution is -2.21. The minimum atomic E-state index is 0.306. The molecule has 3 heteroatoms. The van der Waals surface area contributed by atoms with Crippen LogP contribution >= 0.6 is 0 Å². The average molecular weight is 176 g/mol. The Kier molecular flexibility index (Phi) is 1.85. The third-order valence-electron chi connectivity index (χ3n) is 2.06. The number of hydrogen-bond donors (Lipinski definition) is 1. The lowest BCUT2D eigenvalue weighted by atomic mass is 10.3. The largest absolute Gasteiger partial charge is 0.508 e. The van der Waals surface area contributed by atoms with Crippen molar-refractivity contribution in [1.29, 1.82) is 0 Å². The Labute approximate surface area is 77.5 Å². The SMILES string of the molecule is CN1C=CN(c2ccc(O)cc2)C1. The molecule has 0 unspecified atom stereocenters. The van der Waals surface area contributed by atoms with Crippen LogP contribution in [0.3, 0.4) is 0 Å². The molecule has 0 spiro atoms. The lowest BCUT2D eigenvalue weighted by Gasteiger charge is -2.17. The molecule has 0 fully saturated rings. The second-order valence-electron chi connectivity index (χ2n) is 3.18. The molecule has 2 rings (SSSR count). The first-order valence-corrected chi connectivity index (χ1v) is 4.20. The summed E-state index contributed by atoms with van der Waals surface area (Å²) in [4.78, 5) is 4.20. The van der Waals surface area contributed by atoms with Gasteiger partial charge in [0.25, 0.3) is 0 Å². The third kappa shape index (κ3) is 1.59. The van der Waals surface area contributed by atoms with Gasteiger partial charge >= 0.3 is 0 Å². The molecular formula is C10H12N2O. The van der Waals surface area contributed by atoms with Crippen molar-refractivity contribution in [2.75, 3.05) is 18.6 Å². The van der Waals surface area contributed by atoms with Crippen LogP contribution in [-0.2, 0) is 0 Å². The van der Waals surface area contributed by atoms with Crippen molar-refractivity contribution in [2.45, 2.75) is 0 Å². The topological polar surface area (TPSA) is 26.7 Å². The Bertz CT molecular complexity index is 318. The van der Waals surface area contributed by atoms with Crippen molar-refractivity contribution in [2.24, 2.45) is 0 Å². The maximum absolute atomic E-state index is 9.10. The molecule has 1 N–H and O–H groups in total. The molecule has 1 heterocycles. The van der Waals surface area contributed by atoms with Gasteiger partial charge in [-0.05, 0) is 24.3 Å². The van der Waals surface area contributed by atoms with E-state index in [1.165, 1.54) is 0 Å². The molecule has 0 amide bonds. The summed E-state index contributed by atoms with van der Waals surface area (Å²) in [5.74, 6) is 0.306. The highest BCUT2D eigenvalue weighted by atomic mass is 16.3. The molecule has 0 aliphatic carbocycles. The van der Waals surface area contributed by atoms with Crippen molar-refractivity contribution in [3.8, 4) is 5.75 Å². The van der Waals surface area contributed by atoms with E-state index < -0.39 is 0 Å². The first-order valence-electron chi connectivity index (χ1n) is 4.20. The number of nitrogens with zero attached hydrogens (tertiary/aromatic N) is 2. The van der Waals surface area contributed by atoms with Gasteiger partial charge in [0.15, 0.2) is 0 Å². The molecule has 0 atom stereocenters. The van der Waals surface area contributed by atoms with Crippen LogP contribution in [0.15, 0.2) is 36.7 Å². The molecule has 13 heavy (non-hydrogen) atoms. The van der Waals surface area contributed by atoms with Crippen LogP contribution in [0.1, 0.15) is 0 Å². The summed E-state index contributed by atoms with van der Waals surface area (Å²) >= 11 is 0. The number of anilines is 1. The number of hydrogen-bond acceptors (Lipinski definition) is 3. The van der Waals surface area contributed by atoms with Crippen LogP contribution in [-0.4, -0.2) is 23.7 Å². The first-order chi connectivity index (χ1) is 6.25. The van der Waals surface area contributed by atoms with Gasteiger partial charge in [-0.25, -0.2) is 0 Å². The number of phenols is 1. The molecular weight excluding hydrogens is 164 g/mol. The Morgan fingerprint density at radius 3 is 2.38 bits per heavy atom. The van der Waals surface area contributed by atoms with E-state index in [1.807, 2.05) is 31.6 Å². The van der Waals surface area contributed by atoms with Crippen LogP contribution in [0.2, 0.25) is 0 Å². The standard InChI is InChI=1S/C10H12N2O/c1-11-6-7-12(8-11)9-2-4-10(13)5-3-9/h2-7,13H,8H2,1H3. The fraction of sp³-hybridized carbons (Fsp3) is 0.200. The van der Waals surface area contributed by atoms with E-state index in [2.05, 4.69) is 9.80 Å². The van der Waals surface area contributed by atoms with E-state index in [1.54, 1.807) is 12.1 Å². The van der Waals surface area contributed by atoms with E-state index >= 15 is 0 Å². The molecule has 1 aliphatic heterocycles. The molecule has 3 nitrogen and oxygen atoms in total. The average Bonchev–Trinajstić information content (AvgIpc) is 2.53. The monoisotopic (exact) mass is 176 g/mol. The minimum Gasteiger partial charge on any atom is -0.508 e. The van der Waals surface area contributed by atoms with Gasteiger partial charge in [0.2, 0.25) is 0 Å². The van der Waals surface area contributed by atoms with Gasteiger partial charge in [0.1, 0.15) is 5.75 Å².